The van der Waals surface area contributed by atoms with Gasteiger partial charge in [0.2, 0.25) is 5.28 Å². The Kier molecular flexibility index (Phi) is 4.49. The maximum Gasteiger partial charge on any atom is 0.226 e. The molecule has 1 N–H and O–H groups in total. The standard InChI is InChI=1S/C19H15Cl2N5/c1-26-18-15(16(25-26)13-7-9-14(20)10-8-13)17(23-19(21)24-18)22-11-12-5-3-2-4-6-12/h2-10H,11H2,1H3,(H,22,23,24). The molecular formula is C19H15Cl2N5. The van der Waals surface area contributed by atoms with E-state index in [9.17, 15) is 0 Å². The third-order valence-electron chi connectivity index (χ3n) is 4.08. The Morgan fingerprint density at radius 3 is 2.42 bits per heavy atom. The van der Waals surface area contributed by atoms with Crippen LogP contribution in [0.25, 0.3) is 22.3 Å². The number of hydrogen-bond acceptors (Lipinski definition) is 4. The summed E-state index contributed by atoms with van der Waals surface area (Å²) in [6.45, 7) is 0.623. The molecule has 5 nitrogen and oxygen atoms in total. The van der Waals surface area contributed by atoms with Crippen LogP contribution in [0.15, 0.2) is 54.6 Å². The van der Waals surface area contributed by atoms with Crippen molar-refractivity contribution in [1.29, 1.82) is 0 Å². The molecule has 2 heterocycles. The van der Waals surface area contributed by atoms with Crippen molar-refractivity contribution in [3.8, 4) is 11.3 Å². The number of benzene rings is 2. The van der Waals surface area contributed by atoms with Crippen LogP contribution >= 0.6 is 23.2 Å². The molecule has 130 valence electrons. The lowest BCUT2D eigenvalue weighted by molar-refractivity contribution is 0.788. The van der Waals surface area contributed by atoms with Crippen LogP contribution in [-0.2, 0) is 13.6 Å². The predicted octanol–water partition coefficient (Wildman–Crippen LogP) is 4.95. The molecule has 4 rings (SSSR count). The third-order valence-corrected chi connectivity index (χ3v) is 4.50. The van der Waals surface area contributed by atoms with Gasteiger partial charge in [0.05, 0.1) is 5.39 Å². The first-order valence-electron chi connectivity index (χ1n) is 8.06. The molecule has 26 heavy (non-hydrogen) atoms. The third kappa shape index (κ3) is 3.23. The van der Waals surface area contributed by atoms with Crippen LogP contribution in [0.4, 0.5) is 5.82 Å². The number of hydrogen-bond donors (Lipinski definition) is 1. The van der Waals surface area contributed by atoms with Gasteiger partial charge in [0.15, 0.2) is 5.65 Å². The molecule has 0 aliphatic carbocycles. The van der Waals surface area contributed by atoms with E-state index in [2.05, 4.69) is 32.5 Å². The number of nitrogens with zero attached hydrogens (tertiary/aromatic N) is 4. The van der Waals surface area contributed by atoms with Crippen LogP contribution < -0.4 is 5.32 Å². The quantitative estimate of drug-likeness (QED) is 0.506. The fourth-order valence-electron chi connectivity index (χ4n) is 2.84. The molecule has 0 atom stereocenters. The van der Waals surface area contributed by atoms with Gasteiger partial charge < -0.3 is 5.32 Å². The number of aryl methyl sites for hydroxylation is 1. The minimum atomic E-state index is 0.179. The minimum Gasteiger partial charge on any atom is -0.365 e. The van der Waals surface area contributed by atoms with Gasteiger partial charge in [-0.25, -0.2) is 4.68 Å². The zero-order chi connectivity index (χ0) is 18.1. The summed E-state index contributed by atoms with van der Waals surface area (Å²) in [4.78, 5) is 8.74. The molecule has 0 radical (unpaired) electrons. The second-order valence-electron chi connectivity index (χ2n) is 5.86. The number of fused-ring (bicyclic) bond motifs is 1. The van der Waals surface area contributed by atoms with E-state index in [1.807, 2.05) is 49.5 Å². The van der Waals surface area contributed by atoms with E-state index in [1.54, 1.807) is 4.68 Å². The summed E-state index contributed by atoms with van der Waals surface area (Å²) >= 11 is 12.1. The van der Waals surface area contributed by atoms with E-state index in [0.29, 0.717) is 23.0 Å². The van der Waals surface area contributed by atoms with E-state index in [4.69, 9.17) is 23.2 Å². The van der Waals surface area contributed by atoms with Gasteiger partial charge in [-0.3, -0.25) is 0 Å². The highest BCUT2D eigenvalue weighted by Gasteiger charge is 2.18. The minimum absolute atomic E-state index is 0.179. The fourth-order valence-corrected chi connectivity index (χ4v) is 3.13. The summed E-state index contributed by atoms with van der Waals surface area (Å²) < 4.78 is 1.71. The number of nitrogens with one attached hydrogen (secondary N) is 1. The SMILES string of the molecule is Cn1nc(-c2ccc(Cl)cc2)c2c(NCc3ccccc3)nc(Cl)nc21. The number of rotatable bonds is 4. The van der Waals surface area contributed by atoms with Crippen LogP contribution in [0.2, 0.25) is 10.3 Å². The smallest absolute Gasteiger partial charge is 0.226 e. The monoisotopic (exact) mass is 383 g/mol. The second-order valence-corrected chi connectivity index (χ2v) is 6.63. The normalized spacial score (nSPS) is 11.0. The van der Waals surface area contributed by atoms with Gasteiger partial charge in [0.1, 0.15) is 11.5 Å². The Morgan fingerprint density at radius 1 is 0.962 bits per heavy atom. The second kappa shape index (κ2) is 6.94. The summed E-state index contributed by atoms with van der Waals surface area (Å²) in [5.41, 5.74) is 3.54. The average Bonchev–Trinajstić information content (AvgIpc) is 2.98. The summed E-state index contributed by atoms with van der Waals surface area (Å²) in [5, 5.41) is 9.67. The highest BCUT2D eigenvalue weighted by molar-refractivity contribution is 6.30. The van der Waals surface area contributed by atoms with Crippen LogP contribution in [-0.4, -0.2) is 19.7 Å². The number of aromatic nitrogens is 4. The fraction of sp³-hybridized carbons (Fsp3) is 0.105. The molecule has 2 aromatic heterocycles. The summed E-state index contributed by atoms with van der Waals surface area (Å²) in [6.07, 6.45) is 0. The van der Waals surface area contributed by atoms with E-state index < -0.39 is 0 Å². The van der Waals surface area contributed by atoms with Crippen molar-refractivity contribution in [2.24, 2.45) is 7.05 Å². The highest BCUT2D eigenvalue weighted by atomic mass is 35.5. The lowest BCUT2D eigenvalue weighted by atomic mass is 10.1. The lowest BCUT2D eigenvalue weighted by Crippen LogP contribution is -2.03. The van der Waals surface area contributed by atoms with Gasteiger partial charge in [0.25, 0.3) is 0 Å². The highest BCUT2D eigenvalue weighted by Crippen LogP contribution is 2.33. The molecule has 0 amide bonds. The Labute approximate surface area is 160 Å². The first-order valence-corrected chi connectivity index (χ1v) is 8.81. The van der Waals surface area contributed by atoms with Crippen molar-refractivity contribution in [1.82, 2.24) is 19.7 Å². The Bertz CT molecular complexity index is 1060. The van der Waals surface area contributed by atoms with Gasteiger partial charge >= 0.3 is 0 Å². The van der Waals surface area contributed by atoms with Crippen molar-refractivity contribution in [2.75, 3.05) is 5.32 Å². The number of halogens is 2. The largest absolute Gasteiger partial charge is 0.365 e. The first-order chi connectivity index (χ1) is 12.6. The predicted molar refractivity (Wildman–Crippen MR) is 106 cm³/mol. The van der Waals surface area contributed by atoms with Crippen molar-refractivity contribution in [3.63, 3.8) is 0 Å². The molecule has 0 fully saturated rings. The zero-order valence-corrected chi connectivity index (χ0v) is 15.5. The maximum absolute atomic E-state index is 6.13. The van der Waals surface area contributed by atoms with E-state index in [0.717, 1.165) is 22.2 Å². The van der Waals surface area contributed by atoms with Crippen LogP contribution in [0.3, 0.4) is 0 Å². The maximum atomic E-state index is 6.13. The van der Waals surface area contributed by atoms with Gasteiger partial charge in [0, 0.05) is 24.2 Å². The molecule has 0 saturated carbocycles. The van der Waals surface area contributed by atoms with Crippen LogP contribution in [0.1, 0.15) is 5.56 Å². The van der Waals surface area contributed by atoms with E-state index >= 15 is 0 Å². The number of anilines is 1. The first kappa shape index (κ1) is 16.8. The molecule has 0 spiro atoms. The van der Waals surface area contributed by atoms with Crippen molar-refractivity contribution < 1.29 is 0 Å². The molecule has 2 aromatic carbocycles. The topological polar surface area (TPSA) is 55.6 Å². The summed E-state index contributed by atoms with van der Waals surface area (Å²) in [5.74, 6) is 0.655. The molecule has 0 bridgehead atoms. The zero-order valence-electron chi connectivity index (χ0n) is 13.9. The molecule has 0 aliphatic heterocycles. The van der Waals surface area contributed by atoms with Crippen molar-refractivity contribution in [3.05, 3.63) is 70.5 Å². The molecule has 0 unspecified atom stereocenters. The van der Waals surface area contributed by atoms with E-state index in [-0.39, 0.29) is 5.28 Å². The molecular weight excluding hydrogens is 369 g/mol. The average molecular weight is 384 g/mol. The van der Waals surface area contributed by atoms with Gasteiger partial charge in [-0.1, -0.05) is 54.1 Å². The summed E-state index contributed by atoms with van der Waals surface area (Å²) in [6, 6.07) is 17.6. The van der Waals surface area contributed by atoms with Gasteiger partial charge in [-0.05, 0) is 29.3 Å². The molecule has 4 aromatic rings. The Balaban J connectivity index is 1.82. The summed E-state index contributed by atoms with van der Waals surface area (Å²) in [7, 11) is 1.84. The van der Waals surface area contributed by atoms with Gasteiger partial charge in [-0.2, -0.15) is 15.1 Å². The lowest BCUT2D eigenvalue weighted by Gasteiger charge is -2.08. The Morgan fingerprint density at radius 2 is 1.69 bits per heavy atom. The van der Waals surface area contributed by atoms with Crippen molar-refractivity contribution >= 4 is 40.1 Å². The van der Waals surface area contributed by atoms with Crippen LogP contribution in [0, 0.1) is 0 Å². The molecule has 0 aliphatic rings. The Hall–Kier alpha value is -2.63. The van der Waals surface area contributed by atoms with Gasteiger partial charge in [-0.15, -0.1) is 0 Å². The van der Waals surface area contributed by atoms with Crippen molar-refractivity contribution in [2.45, 2.75) is 6.54 Å². The van der Waals surface area contributed by atoms with Crippen LogP contribution in [0.5, 0.6) is 0 Å². The van der Waals surface area contributed by atoms with E-state index in [1.165, 1.54) is 0 Å². The molecule has 7 heteroatoms. The molecule has 0 saturated heterocycles.